The summed E-state index contributed by atoms with van der Waals surface area (Å²) in [4.78, 5) is 27.1. The molecule has 0 bridgehead atoms. The van der Waals surface area contributed by atoms with E-state index < -0.39 is 32.4 Å². The molecule has 1 heterocycles. The van der Waals surface area contributed by atoms with Crippen molar-refractivity contribution in [3.05, 3.63) is 36.0 Å². The number of H-pyrrole nitrogens is 1. The monoisotopic (exact) mass is 325 g/mol. The predicted molar refractivity (Wildman–Crippen MR) is 39.8 cm³/mol. The van der Waals surface area contributed by atoms with Gasteiger partial charge in [0.05, 0.1) is 5.10 Å². The Morgan fingerprint density at radius 2 is 1.56 bits per heavy atom. The van der Waals surface area contributed by atoms with Crippen LogP contribution in [0.2, 0.25) is 0 Å². The molecule has 0 unspecified atom stereocenters. The first-order valence-electron chi connectivity index (χ1n) is 3.27. The first kappa shape index (κ1) is 14.1. The Morgan fingerprint density at radius 3 is 1.94 bits per heavy atom. The SMILES string of the molecule is O=[N+]([O-])c1n[nH]nc1C([N+](=O)[O-])[N+](=O)[O-].[Ag]. The Labute approximate surface area is 101 Å². The zero-order chi connectivity index (χ0) is 11.6. The molecule has 0 spiro atoms. The van der Waals surface area contributed by atoms with Gasteiger partial charge in [-0.3, -0.25) is 20.2 Å². The summed E-state index contributed by atoms with van der Waals surface area (Å²) in [5.74, 6) is -1.03. The van der Waals surface area contributed by atoms with E-state index in [1.165, 1.54) is 0 Å². The summed E-state index contributed by atoms with van der Waals surface area (Å²) in [5.41, 5.74) is -0.935. The quantitative estimate of drug-likeness (QED) is 0.326. The van der Waals surface area contributed by atoms with Gasteiger partial charge in [0.2, 0.25) is 0 Å². The van der Waals surface area contributed by atoms with Crippen molar-refractivity contribution in [2.45, 2.75) is 6.17 Å². The van der Waals surface area contributed by atoms with Gasteiger partial charge in [0.15, 0.2) is 0 Å². The van der Waals surface area contributed by atoms with E-state index in [-0.39, 0.29) is 22.4 Å². The molecule has 0 aromatic carbocycles. The maximum absolute atomic E-state index is 10.3. The molecule has 1 N–H and O–H groups in total. The first-order valence-corrected chi connectivity index (χ1v) is 3.27. The summed E-state index contributed by atoms with van der Waals surface area (Å²) in [5, 5.41) is 38.5. The fraction of sp³-hybridized carbons (Fsp3) is 0.333. The fourth-order valence-electron chi connectivity index (χ4n) is 0.818. The summed E-state index contributed by atoms with van der Waals surface area (Å²) in [6.07, 6.45) is -2.50. The van der Waals surface area contributed by atoms with Gasteiger partial charge in [-0.05, 0) is 4.92 Å². The van der Waals surface area contributed by atoms with Gasteiger partial charge in [0.1, 0.15) is 9.85 Å². The van der Waals surface area contributed by atoms with Crippen LogP contribution < -0.4 is 0 Å². The van der Waals surface area contributed by atoms with Crippen molar-refractivity contribution in [1.82, 2.24) is 15.4 Å². The van der Waals surface area contributed by atoms with Crippen LogP contribution in [0.4, 0.5) is 5.82 Å². The van der Waals surface area contributed by atoms with Gasteiger partial charge < -0.3 is 10.1 Å². The second kappa shape index (κ2) is 5.24. The number of nitrogens with zero attached hydrogens (tertiary/aromatic N) is 5. The standard InChI is InChI=1S/C3H2N6O6.Ag/c10-7(11)2-1(4-6-5-2)3(8(12)13)9(14)15;/h3H,(H,4,5,6);. The molecule has 0 atom stereocenters. The first-order chi connectivity index (χ1) is 6.95. The van der Waals surface area contributed by atoms with Gasteiger partial charge in [-0.2, -0.15) is 0 Å². The smallest absolute Gasteiger partial charge is 0.358 e. The molecule has 16 heavy (non-hydrogen) atoms. The number of rotatable bonds is 4. The van der Waals surface area contributed by atoms with Crippen LogP contribution >= 0.6 is 0 Å². The number of hydrogen-bond acceptors (Lipinski definition) is 8. The fourth-order valence-corrected chi connectivity index (χ4v) is 0.818. The third-order valence-electron chi connectivity index (χ3n) is 1.37. The molecule has 1 radical (unpaired) electrons. The Balaban J connectivity index is 0.00000225. The minimum Gasteiger partial charge on any atom is -0.358 e. The van der Waals surface area contributed by atoms with Gasteiger partial charge in [0.25, 0.3) is 0 Å². The van der Waals surface area contributed by atoms with E-state index in [9.17, 15) is 30.3 Å². The number of aromatic nitrogens is 3. The molecule has 0 amide bonds. The summed E-state index contributed by atoms with van der Waals surface area (Å²) in [6, 6.07) is 0. The Kier molecular flexibility index (Phi) is 4.61. The summed E-state index contributed by atoms with van der Waals surface area (Å²) in [7, 11) is 0. The second-order valence-corrected chi connectivity index (χ2v) is 2.23. The van der Waals surface area contributed by atoms with Crippen molar-refractivity contribution < 1.29 is 37.2 Å². The Bertz CT molecular complexity index is 416. The van der Waals surface area contributed by atoms with Crippen LogP contribution in [0.25, 0.3) is 0 Å². The zero-order valence-electron chi connectivity index (χ0n) is 7.06. The van der Waals surface area contributed by atoms with Crippen molar-refractivity contribution in [3.63, 3.8) is 0 Å². The Morgan fingerprint density at radius 1 is 1.06 bits per heavy atom. The summed E-state index contributed by atoms with van der Waals surface area (Å²) in [6.45, 7) is 0. The van der Waals surface area contributed by atoms with Crippen molar-refractivity contribution in [2.75, 3.05) is 0 Å². The zero-order valence-corrected chi connectivity index (χ0v) is 8.55. The molecule has 1 rings (SSSR count). The molecule has 1 aromatic heterocycles. The molecule has 0 aliphatic rings. The van der Waals surface area contributed by atoms with E-state index in [0.717, 1.165) is 0 Å². The number of hydrogen-bond donors (Lipinski definition) is 1. The molecule has 0 saturated heterocycles. The molecule has 0 fully saturated rings. The molecular formula is C3H2AgN6O6. The van der Waals surface area contributed by atoms with Crippen molar-refractivity contribution in [2.24, 2.45) is 0 Å². The van der Waals surface area contributed by atoms with Gasteiger partial charge in [-0.1, -0.05) is 0 Å². The van der Waals surface area contributed by atoms with Crippen LogP contribution in [0, 0.1) is 30.3 Å². The molecule has 1 aromatic rings. The minimum atomic E-state index is -2.50. The minimum absolute atomic E-state index is 0. The molecule has 13 heteroatoms. The van der Waals surface area contributed by atoms with Crippen molar-refractivity contribution >= 4 is 5.82 Å². The average molecular weight is 326 g/mol. The van der Waals surface area contributed by atoms with E-state index >= 15 is 0 Å². The summed E-state index contributed by atoms with van der Waals surface area (Å²) >= 11 is 0. The van der Waals surface area contributed by atoms with E-state index in [4.69, 9.17) is 0 Å². The predicted octanol–water partition coefficient (Wildman–Crippen LogP) is -0.738. The van der Waals surface area contributed by atoms with Gasteiger partial charge in [0, 0.05) is 22.4 Å². The van der Waals surface area contributed by atoms with Crippen LogP contribution in [-0.2, 0) is 22.4 Å². The van der Waals surface area contributed by atoms with E-state index in [2.05, 4.69) is 10.2 Å². The number of aromatic amines is 1. The van der Waals surface area contributed by atoms with Crippen LogP contribution in [-0.4, -0.2) is 30.2 Å². The van der Waals surface area contributed by atoms with E-state index in [1.807, 2.05) is 0 Å². The maximum Gasteiger partial charge on any atom is 0.503 e. The number of nitro groups is 3. The van der Waals surface area contributed by atoms with Crippen LogP contribution in [0.5, 0.6) is 0 Å². The maximum atomic E-state index is 10.3. The van der Waals surface area contributed by atoms with E-state index in [1.54, 1.807) is 5.21 Å². The van der Waals surface area contributed by atoms with E-state index in [0.29, 0.717) is 0 Å². The van der Waals surface area contributed by atoms with Crippen LogP contribution in [0.15, 0.2) is 0 Å². The number of nitrogens with one attached hydrogen (secondary N) is 1. The third-order valence-corrected chi connectivity index (χ3v) is 1.37. The third kappa shape index (κ3) is 2.56. The average Bonchev–Trinajstić information content (AvgIpc) is 2.51. The van der Waals surface area contributed by atoms with Crippen molar-refractivity contribution in [3.8, 4) is 0 Å². The van der Waals surface area contributed by atoms with Crippen molar-refractivity contribution in [1.29, 1.82) is 0 Å². The van der Waals surface area contributed by atoms with Gasteiger partial charge in [-0.25, -0.2) is 0 Å². The normalized spacial score (nSPS) is 9.56. The topological polar surface area (TPSA) is 171 Å². The Hall–Kier alpha value is -1.92. The molecule has 12 nitrogen and oxygen atoms in total. The summed E-state index contributed by atoms with van der Waals surface area (Å²) < 4.78 is 0. The molecular weight excluding hydrogens is 324 g/mol. The van der Waals surface area contributed by atoms with Gasteiger partial charge >= 0.3 is 17.7 Å². The van der Waals surface area contributed by atoms with Crippen LogP contribution in [0.1, 0.15) is 11.9 Å². The molecule has 91 valence electrons. The molecule has 0 saturated carbocycles. The molecule has 0 aliphatic heterocycles. The second-order valence-electron chi connectivity index (χ2n) is 2.23. The largest absolute Gasteiger partial charge is 0.503 e. The van der Waals surface area contributed by atoms with Crippen LogP contribution in [0.3, 0.4) is 0 Å². The van der Waals surface area contributed by atoms with Gasteiger partial charge in [-0.15, -0.1) is 10.3 Å². The molecule has 0 aliphatic carbocycles.